The summed E-state index contributed by atoms with van der Waals surface area (Å²) in [4.78, 5) is 10.1. The molecule has 40 heavy (non-hydrogen) atoms. The molecule has 5 aromatic rings. The summed E-state index contributed by atoms with van der Waals surface area (Å²) in [5, 5.41) is 11.7. The maximum absolute atomic E-state index is 9.29. The topological polar surface area (TPSA) is 49.6 Å². The molecule has 3 nitrogen and oxygen atoms in total. The second kappa shape index (κ2) is 9.14. The lowest BCUT2D eigenvalue weighted by Crippen LogP contribution is -2.48. The molecule has 0 atom stereocenters. The molecule has 0 N–H and O–H groups in total. The number of nitrogens with zero attached hydrogens (tertiary/aromatic N) is 3. The molecular weight excluding hydrogens is 486 g/mol. The molecule has 4 fully saturated rings. The van der Waals surface area contributed by atoms with Crippen LogP contribution < -0.4 is 0 Å². The number of rotatable bonds is 4. The van der Waals surface area contributed by atoms with E-state index in [2.05, 4.69) is 78.9 Å². The van der Waals surface area contributed by atoms with Gasteiger partial charge in [-0.2, -0.15) is 5.26 Å². The van der Waals surface area contributed by atoms with Crippen molar-refractivity contribution in [3.05, 3.63) is 108 Å². The van der Waals surface area contributed by atoms with E-state index < -0.39 is 0 Å². The number of hydrogen-bond donors (Lipinski definition) is 0. The first kappa shape index (κ1) is 23.6. The molecule has 0 unspecified atom stereocenters. The zero-order chi connectivity index (χ0) is 26.7. The van der Waals surface area contributed by atoms with E-state index >= 15 is 0 Å². The fourth-order valence-corrected chi connectivity index (χ4v) is 8.46. The van der Waals surface area contributed by atoms with Crippen LogP contribution in [0, 0.1) is 29.1 Å². The molecular formula is C37H31N3. The summed E-state index contributed by atoms with van der Waals surface area (Å²) >= 11 is 0. The molecule has 9 rings (SSSR count). The maximum atomic E-state index is 9.29. The van der Waals surface area contributed by atoms with Crippen molar-refractivity contribution in [1.29, 1.82) is 5.26 Å². The van der Waals surface area contributed by atoms with E-state index in [0.29, 0.717) is 16.8 Å². The van der Waals surface area contributed by atoms with Crippen LogP contribution in [0.4, 0.5) is 0 Å². The second-order valence-corrected chi connectivity index (χ2v) is 12.5. The van der Waals surface area contributed by atoms with Gasteiger partial charge < -0.3 is 0 Å². The Labute approximate surface area is 235 Å². The molecule has 0 aliphatic heterocycles. The predicted molar refractivity (Wildman–Crippen MR) is 160 cm³/mol. The van der Waals surface area contributed by atoms with E-state index in [1.807, 2.05) is 24.3 Å². The van der Waals surface area contributed by atoms with Crippen molar-refractivity contribution < 1.29 is 0 Å². The lowest BCUT2D eigenvalue weighted by molar-refractivity contribution is -0.00518. The third kappa shape index (κ3) is 3.94. The highest BCUT2D eigenvalue weighted by atomic mass is 14.9. The molecule has 4 aromatic carbocycles. The number of hydrogen-bond acceptors (Lipinski definition) is 3. The van der Waals surface area contributed by atoms with Crippen LogP contribution in [0.25, 0.3) is 44.7 Å². The van der Waals surface area contributed by atoms with Gasteiger partial charge in [0.25, 0.3) is 0 Å². The van der Waals surface area contributed by atoms with Gasteiger partial charge in [0.2, 0.25) is 0 Å². The Balaban J connectivity index is 1.23. The smallest absolute Gasteiger partial charge is 0.160 e. The predicted octanol–water partition coefficient (Wildman–Crippen LogP) is 8.97. The highest BCUT2D eigenvalue weighted by molar-refractivity contribution is 5.96. The monoisotopic (exact) mass is 517 g/mol. The Morgan fingerprint density at radius 2 is 1.27 bits per heavy atom. The van der Waals surface area contributed by atoms with E-state index in [-0.39, 0.29) is 0 Å². The van der Waals surface area contributed by atoms with E-state index in [1.54, 1.807) is 0 Å². The third-order valence-corrected chi connectivity index (χ3v) is 9.90. The van der Waals surface area contributed by atoms with Gasteiger partial charge in [-0.05, 0) is 108 Å². The fourth-order valence-electron chi connectivity index (χ4n) is 8.46. The van der Waals surface area contributed by atoms with Gasteiger partial charge in [-0.3, -0.25) is 0 Å². The highest BCUT2D eigenvalue weighted by Gasteiger charge is 2.51. The fraction of sp³-hybridized carbons (Fsp3) is 0.270. The maximum Gasteiger partial charge on any atom is 0.160 e. The van der Waals surface area contributed by atoms with Gasteiger partial charge in [0, 0.05) is 16.7 Å². The molecule has 3 heteroatoms. The molecule has 4 aliphatic carbocycles. The zero-order valence-corrected chi connectivity index (χ0v) is 22.6. The Hall–Kier alpha value is -4.29. The minimum Gasteiger partial charge on any atom is -0.228 e. The van der Waals surface area contributed by atoms with Crippen LogP contribution in [0.3, 0.4) is 0 Å². The molecule has 1 aromatic heterocycles. The largest absolute Gasteiger partial charge is 0.228 e. The van der Waals surface area contributed by atoms with Gasteiger partial charge >= 0.3 is 0 Å². The van der Waals surface area contributed by atoms with Crippen molar-refractivity contribution in [3.8, 4) is 40.0 Å². The van der Waals surface area contributed by atoms with Crippen molar-refractivity contribution in [3.63, 3.8) is 0 Å². The molecule has 4 bridgehead atoms. The first-order valence-corrected chi connectivity index (χ1v) is 14.6. The van der Waals surface area contributed by atoms with Gasteiger partial charge in [0.1, 0.15) is 0 Å². The number of aromatic nitrogens is 2. The van der Waals surface area contributed by atoms with Crippen molar-refractivity contribution in [1.82, 2.24) is 9.97 Å². The van der Waals surface area contributed by atoms with Gasteiger partial charge in [-0.25, -0.2) is 9.97 Å². The van der Waals surface area contributed by atoms with E-state index in [1.165, 1.54) is 54.9 Å². The molecule has 0 saturated heterocycles. The summed E-state index contributed by atoms with van der Waals surface area (Å²) in [5.74, 6) is 3.48. The minimum atomic E-state index is 0.390. The Bertz CT molecular complexity index is 1740. The van der Waals surface area contributed by atoms with Gasteiger partial charge in [-0.15, -0.1) is 0 Å². The molecule has 0 radical (unpaired) electrons. The van der Waals surface area contributed by atoms with Crippen LogP contribution in [-0.2, 0) is 5.41 Å². The van der Waals surface area contributed by atoms with Crippen molar-refractivity contribution in [2.75, 3.05) is 0 Å². The molecule has 1 heterocycles. The van der Waals surface area contributed by atoms with Crippen molar-refractivity contribution in [2.45, 2.75) is 43.9 Å². The van der Waals surface area contributed by atoms with E-state index in [0.717, 1.165) is 45.8 Å². The SMILES string of the molecule is N#Cc1ccc(-c2nc(-c3ccc(C45CC6CC(CC(C6)C4)C5)cc3)cc(-c3cccc4ccccc34)n2)cc1. The molecule has 4 saturated carbocycles. The quantitative estimate of drug-likeness (QED) is 0.239. The Morgan fingerprint density at radius 3 is 1.98 bits per heavy atom. The minimum absolute atomic E-state index is 0.390. The van der Waals surface area contributed by atoms with Crippen LogP contribution in [0.15, 0.2) is 97.1 Å². The average Bonchev–Trinajstić information content (AvgIpc) is 3.00. The summed E-state index contributed by atoms with van der Waals surface area (Å²) in [5.41, 5.74) is 7.52. The summed E-state index contributed by atoms with van der Waals surface area (Å²) in [7, 11) is 0. The first-order chi connectivity index (χ1) is 19.7. The van der Waals surface area contributed by atoms with Crippen LogP contribution in [0.2, 0.25) is 0 Å². The highest BCUT2D eigenvalue weighted by Crippen LogP contribution is 2.60. The second-order valence-electron chi connectivity index (χ2n) is 12.5. The van der Waals surface area contributed by atoms with Crippen LogP contribution in [0.5, 0.6) is 0 Å². The summed E-state index contributed by atoms with van der Waals surface area (Å²) in [6.07, 6.45) is 8.52. The Kier molecular flexibility index (Phi) is 5.39. The van der Waals surface area contributed by atoms with Gasteiger partial charge in [-0.1, -0.05) is 66.7 Å². The zero-order valence-electron chi connectivity index (χ0n) is 22.6. The lowest BCUT2D eigenvalue weighted by Gasteiger charge is -2.57. The van der Waals surface area contributed by atoms with Crippen LogP contribution >= 0.6 is 0 Å². The van der Waals surface area contributed by atoms with Crippen molar-refractivity contribution >= 4 is 10.8 Å². The summed E-state index contributed by atoms with van der Waals surface area (Å²) in [6, 6.07) is 36.1. The first-order valence-electron chi connectivity index (χ1n) is 14.6. The Morgan fingerprint density at radius 1 is 0.650 bits per heavy atom. The van der Waals surface area contributed by atoms with Gasteiger partial charge in [0.05, 0.1) is 23.0 Å². The lowest BCUT2D eigenvalue weighted by atomic mass is 9.48. The third-order valence-electron chi connectivity index (χ3n) is 9.90. The molecule has 0 spiro atoms. The van der Waals surface area contributed by atoms with Crippen LogP contribution in [-0.4, -0.2) is 9.97 Å². The normalized spacial score (nSPS) is 24.7. The molecule has 0 amide bonds. The number of nitriles is 1. The van der Waals surface area contributed by atoms with E-state index in [4.69, 9.17) is 9.97 Å². The number of benzene rings is 4. The van der Waals surface area contributed by atoms with Crippen molar-refractivity contribution in [2.24, 2.45) is 17.8 Å². The summed E-state index contributed by atoms with van der Waals surface area (Å²) in [6.45, 7) is 0. The molecule has 4 aliphatic rings. The molecule has 194 valence electrons. The summed E-state index contributed by atoms with van der Waals surface area (Å²) < 4.78 is 0. The standard InChI is InChI=1S/C37H31N3/c38-23-24-8-10-30(11-9-24)36-39-34(19-35(40-36)33-7-3-5-28-4-1-2-6-32(28)33)29-12-14-31(15-13-29)37-20-25-16-26(21-37)18-27(17-25)22-37/h1-15,19,25-27H,16-18,20-22H2. The van der Waals surface area contributed by atoms with E-state index in [9.17, 15) is 5.26 Å². The number of fused-ring (bicyclic) bond motifs is 1. The van der Waals surface area contributed by atoms with Crippen LogP contribution in [0.1, 0.15) is 49.7 Å². The van der Waals surface area contributed by atoms with Gasteiger partial charge in [0.15, 0.2) is 5.82 Å². The average molecular weight is 518 g/mol.